The first kappa shape index (κ1) is 30.9. The predicted octanol–water partition coefficient (Wildman–Crippen LogP) is 5.34. The van der Waals surface area contributed by atoms with E-state index in [1.807, 2.05) is 49.4 Å². The SMILES string of the molecule is CCCc1nn(C)c2c(=O)n(CCCCOc3ccc(/C(C)=C4/SC(=O)NC4=O)cc3)c(-c3ccc(OC)c(OC)c3)nc12. The molecule has 0 bridgehead atoms. The second-order valence-electron chi connectivity index (χ2n) is 10.4. The van der Waals surface area contributed by atoms with E-state index in [4.69, 9.17) is 19.2 Å². The summed E-state index contributed by atoms with van der Waals surface area (Å²) in [6.07, 6.45) is 2.99. The first-order valence-corrected chi connectivity index (χ1v) is 15.2. The van der Waals surface area contributed by atoms with Gasteiger partial charge in [-0.25, -0.2) is 4.98 Å². The van der Waals surface area contributed by atoms with Crippen LogP contribution in [0.15, 0.2) is 52.2 Å². The van der Waals surface area contributed by atoms with Crippen LogP contribution < -0.4 is 25.1 Å². The highest BCUT2D eigenvalue weighted by Crippen LogP contribution is 2.33. The van der Waals surface area contributed by atoms with Gasteiger partial charge in [-0.15, -0.1) is 0 Å². The van der Waals surface area contributed by atoms with Crippen molar-refractivity contribution in [2.45, 2.75) is 46.1 Å². The number of rotatable bonds is 12. The minimum Gasteiger partial charge on any atom is -0.494 e. The third-order valence-electron chi connectivity index (χ3n) is 7.43. The average molecular weight is 618 g/mol. The molecule has 0 saturated carbocycles. The van der Waals surface area contributed by atoms with Crippen LogP contribution in [0.3, 0.4) is 0 Å². The Morgan fingerprint density at radius 1 is 1.00 bits per heavy atom. The van der Waals surface area contributed by atoms with Gasteiger partial charge in [0.15, 0.2) is 17.0 Å². The molecule has 1 saturated heterocycles. The van der Waals surface area contributed by atoms with Crippen molar-refractivity contribution in [1.82, 2.24) is 24.6 Å². The molecule has 44 heavy (non-hydrogen) atoms. The lowest BCUT2D eigenvalue weighted by Crippen LogP contribution is -2.25. The Morgan fingerprint density at radius 2 is 1.75 bits per heavy atom. The van der Waals surface area contributed by atoms with Crippen LogP contribution >= 0.6 is 11.8 Å². The average Bonchev–Trinajstić information content (AvgIpc) is 3.54. The number of carbonyl (C=O) groups is 2. The molecule has 0 radical (unpaired) electrons. The quantitative estimate of drug-likeness (QED) is 0.166. The zero-order valence-electron chi connectivity index (χ0n) is 25.4. The normalized spacial score (nSPS) is 14.2. The number of ether oxygens (including phenoxy) is 3. The van der Waals surface area contributed by atoms with E-state index >= 15 is 0 Å². The van der Waals surface area contributed by atoms with E-state index < -0.39 is 0 Å². The van der Waals surface area contributed by atoms with Crippen molar-refractivity contribution in [3.05, 3.63) is 69.0 Å². The lowest BCUT2D eigenvalue weighted by Gasteiger charge is -2.15. The van der Waals surface area contributed by atoms with Crippen molar-refractivity contribution < 1.29 is 23.8 Å². The molecule has 1 N–H and O–H groups in total. The Hall–Kier alpha value is -4.58. The summed E-state index contributed by atoms with van der Waals surface area (Å²) in [7, 11) is 4.94. The molecule has 2 aromatic heterocycles. The second-order valence-corrected chi connectivity index (χ2v) is 11.3. The van der Waals surface area contributed by atoms with Gasteiger partial charge in [0.25, 0.3) is 16.7 Å². The number of aryl methyl sites for hydroxylation is 2. The molecule has 4 aromatic rings. The summed E-state index contributed by atoms with van der Waals surface area (Å²) in [5.74, 6) is 2.01. The number of nitrogens with zero attached hydrogens (tertiary/aromatic N) is 4. The maximum absolute atomic E-state index is 13.9. The molecule has 1 fully saturated rings. The number of aromatic nitrogens is 4. The summed E-state index contributed by atoms with van der Waals surface area (Å²) in [5.41, 5.74) is 4.09. The van der Waals surface area contributed by atoms with Crippen molar-refractivity contribution >= 4 is 39.5 Å². The van der Waals surface area contributed by atoms with Crippen molar-refractivity contribution in [2.75, 3.05) is 20.8 Å². The number of fused-ring (bicyclic) bond motifs is 1. The minimum absolute atomic E-state index is 0.144. The van der Waals surface area contributed by atoms with E-state index in [-0.39, 0.29) is 16.7 Å². The largest absolute Gasteiger partial charge is 0.494 e. The molecule has 2 amide bonds. The highest BCUT2D eigenvalue weighted by molar-refractivity contribution is 8.18. The number of hydrogen-bond acceptors (Lipinski definition) is 9. The molecule has 0 atom stereocenters. The first-order chi connectivity index (χ1) is 21.2. The van der Waals surface area contributed by atoms with Gasteiger partial charge < -0.3 is 14.2 Å². The van der Waals surface area contributed by atoms with Gasteiger partial charge in [0.1, 0.15) is 17.1 Å². The number of imide groups is 1. The molecule has 2 aromatic carbocycles. The lowest BCUT2D eigenvalue weighted by atomic mass is 10.1. The maximum Gasteiger partial charge on any atom is 0.290 e. The molecule has 3 heterocycles. The van der Waals surface area contributed by atoms with Crippen molar-refractivity contribution in [2.24, 2.45) is 7.05 Å². The summed E-state index contributed by atoms with van der Waals surface area (Å²) in [6.45, 7) is 4.78. The van der Waals surface area contributed by atoms with Gasteiger partial charge in [-0.1, -0.05) is 25.5 Å². The molecular weight excluding hydrogens is 582 g/mol. The third kappa shape index (κ3) is 6.21. The number of nitrogens with one attached hydrogen (secondary N) is 1. The van der Waals surface area contributed by atoms with Crippen LogP contribution in [0, 0.1) is 0 Å². The minimum atomic E-state index is -0.370. The smallest absolute Gasteiger partial charge is 0.290 e. The van der Waals surface area contributed by atoms with Crippen molar-refractivity contribution in [1.29, 1.82) is 0 Å². The number of benzene rings is 2. The highest BCUT2D eigenvalue weighted by Gasteiger charge is 2.27. The van der Waals surface area contributed by atoms with Crippen LogP contribution in [0.4, 0.5) is 4.79 Å². The van der Waals surface area contributed by atoms with Crippen molar-refractivity contribution in [3.63, 3.8) is 0 Å². The fourth-order valence-corrected chi connectivity index (χ4v) is 5.92. The Kier molecular flexibility index (Phi) is 9.38. The van der Waals surface area contributed by atoms with E-state index in [9.17, 15) is 14.4 Å². The second kappa shape index (κ2) is 13.4. The van der Waals surface area contributed by atoms with Gasteiger partial charge in [0.2, 0.25) is 0 Å². The molecule has 0 unspecified atom stereocenters. The molecule has 12 heteroatoms. The molecule has 11 nitrogen and oxygen atoms in total. The molecule has 0 aliphatic carbocycles. The Bertz CT molecular complexity index is 1810. The summed E-state index contributed by atoms with van der Waals surface area (Å²) >= 11 is 0.910. The van der Waals surface area contributed by atoms with E-state index in [0.717, 1.165) is 47.0 Å². The molecule has 1 aliphatic heterocycles. The van der Waals surface area contributed by atoms with Gasteiger partial charge >= 0.3 is 0 Å². The van der Waals surface area contributed by atoms with Crippen LogP contribution in [0.5, 0.6) is 17.2 Å². The monoisotopic (exact) mass is 617 g/mol. The van der Waals surface area contributed by atoms with Gasteiger partial charge in [-0.3, -0.25) is 28.9 Å². The molecule has 230 valence electrons. The van der Waals surface area contributed by atoms with Crippen molar-refractivity contribution in [3.8, 4) is 28.6 Å². The fraction of sp³-hybridized carbons (Fsp3) is 0.344. The number of methoxy groups -OCH3 is 2. The Balaban J connectivity index is 1.33. The zero-order valence-corrected chi connectivity index (χ0v) is 26.2. The lowest BCUT2D eigenvalue weighted by molar-refractivity contribution is -0.115. The van der Waals surface area contributed by atoms with Crippen LogP contribution in [0.25, 0.3) is 28.0 Å². The standard InChI is InChI=1S/C32H35N5O6S/c1-6-9-23-26-27(36(3)35-23)31(39)37(29(33-26)21-12-15-24(41-4)25(18-21)42-5)16-7-8-17-43-22-13-10-20(11-14-22)19(2)28-30(38)34-32(40)44-28/h10-15,18H,6-9,16-17H2,1-5H3,(H,34,38,40)/b28-19+. The van der Waals surface area contributed by atoms with Gasteiger partial charge in [-0.2, -0.15) is 5.10 Å². The topological polar surface area (TPSA) is 127 Å². The fourth-order valence-electron chi connectivity index (χ4n) is 5.18. The molecule has 5 rings (SSSR count). The molecular formula is C32H35N5O6S. The van der Waals surface area contributed by atoms with Crippen LogP contribution in [-0.2, 0) is 24.8 Å². The van der Waals surface area contributed by atoms with Gasteiger partial charge in [0.05, 0.1) is 31.4 Å². The van der Waals surface area contributed by atoms with Crippen LogP contribution in [-0.4, -0.2) is 51.3 Å². The summed E-state index contributed by atoms with van der Waals surface area (Å²) < 4.78 is 20.2. The van der Waals surface area contributed by atoms with Crippen LogP contribution in [0.1, 0.15) is 44.4 Å². The Morgan fingerprint density at radius 3 is 2.41 bits per heavy atom. The summed E-state index contributed by atoms with van der Waals surface area (Å²) in [4.78, 5) is 42.8. The number of thioether (sulfide) groups is 1. The maximum atomic E-state index is 13.9. The Labute approximate surface area is 259 Å². The number of unbranched alkanes of at least 4 members (excludes halogenated alkanes) is 1. The van der Waals surface area contributed by atoms with E-state index in [2.05, 4.69) is 17.3 Å². The highest BCUT2D eigenvalue weighted by atomic mass is 32.2. The zero-order chi connectivity index (χ0) is 31.4. The summed E-state index contributed by atoms with van der Waals surface area (Å²) in [6, 6.07) is 12.9. The van der Waals surface area contributed by atoms with Gasteiger partial charge in [0, 0.05) is 19.2 Å². The summed E-state index contributed by atoms with van der Waals surface area (Å²) in [5, 5.41) is 6.53. The number of amides is 2. The van der Waals surface area contributed by atoms with E-state index in [1.165, 1.54) is 0 Å². The van der Waals surface area contributed by atoms with E-state index in [1.54, 1.807) is 30.5 Å². The number of hydrogen-bond donors (Lipinski definition) is 1. The van der Waals surface area contributed by atoms with Gasteiger partial charge in [-0.05, 0) is 79.4 Å². The molecule has 0 spiro atoms. The molecule has 1 aliphatic rings. The number of allylic oxidation sites excluding steroid dienone is 1. The number of carbonyl (C=O) groups excluding carboxylic acids is 2. The van der Waals surface area contributed by atoms with E-state index in [0.29, 0.717) is 65.0 Å². The third-order valence-corrected chi connectivity index (χ3v) is 8.41. The van der Waals surface area contributed by atoms with Crippen LogP contribution in [0.2, 0.25) is 0 Å². The first-order valence-electron chi connectivity index (χ1n) is 14.4. The predicted molar refractivity (Wildman–Crippen MR) is 170 cm³/mol.